The van der Waals surface area contributed by atoms with Crippen LogP contribution in [0.25, 0.3) is 11.5 Å². The van der Waals surface area contributed by atoms with Gasteiger partial charge in [-0.25, -0.2) is 4.39 Å². The van der Waals surface area contributed by atoms with E-state index in [1.807, 2.05) is 0 Å². The number of nitrogens with zero attached hydrogens (tertiary/aromatic N) is 2. The lowest BCUT2D eigenvalue weighted by Gasteiger charge is -1.97. The highest BCUT2D eigenvalue weighted by molar-refractivity contribution is 9.10. The highest BCUT2D eigenvalue weighted by Crippen LogP contribution is 2.24. The molecule has 2 aromatic rings. The quantitative estimate of drug-likeness (QED) is 0.942. The third-order valence-electron chi connectivity index (χ3n) is 2.22. The summed E-state index contributed by atoms with van der Waals surface area (Å²) in [6, 6.07) is 4.68. The van der Waals surface area contributed by atoms with Crippen LogP contribution in [0.4, 0.5) is 4.39 Å². The van der Waals surface area contributed by atoms with Crippen molar-refractivity contribution in [3.63, 3.8) is 0 Å². The molecule has 2 rings (SSSR count). The molecule has 0 bridgehead atoms. The Kier molecular flexibility index (Phi) is 3.86. The Bertz CT molecular complexity index is 515. The molecule has 0 unspecified atom stereocenters. The Hall–Kier alpha value is -1.27. The number of rotatable bonds is 4. The van der Waals surface area contributed by atoms with Crippen LogP contribution < -0.4 is 5.73 Å². The van der Waals surface area contributed by atoms with Crippen molar-refractivity contribution in [3.8, 4) is 11.5 Å². The largest absolute Gasteiger partial charge is 0.421 e. The highest BCUT2D eigenvalue weighted by atomic mass is 79.9. The van der Waals surface area contributed by atoms with Gasteiger partial charge in [0.25, 0.3) is 5.89 Å². The Balaban J connectivity index is 2.24. The second-order valence-corrected chi connectivity index (χ2v) is 4.43. The maximum atomic E-state index is 13.6. The van der Waals surface area contributed by atoms with E-state index in [9.17, 15) is 4.39 Å². The number of benzene rings is 1. The first-order valence-electron chi connectivity index (χ1n) is 5.18. The zero-order valence-corrected chi connectivity index (χ0v) is 10.6. The van der Waals surface area contributed by atoms with Gasteiger partial charge in [0.2, 0.25) is 5.89 Å². The van der Waals surface area contributed by atoms with Crippen molar-refractivity contribution in [3.05, 3.63) is 34.4 Å². The molecule has 0 atom stereocenters. The van der Waals surface area contributed by atoms with Crippen molar-refractivity contribution in [1.82, 2.24) is 10.2 Å². The Morgan fingerprint density at radius 3 is 2.88 bits per heavy atom. The van der Waals surface area contributed by atoms with E-state index in [2.05, 4.69) is 26.1 Å². The summed E-state index contributed by atoms with van der Waals surface area (Å²) in [4.78, 5) is 0. The average Bonchev–Trinajstić information content (AvgIpc) is 2.75. The summed E-state index contributed by atoms with van der Waals surface area (Å²) >= 11 is 3.19. The van der Waals surface area contributed by atoms with E-state index in [-0.39, 0.29) is 5.89 Å². The van der Waals surface area contributed by atoms with Gasteiger partial charge in [-0.2, -0.15) is 0 Å². The molecule has 0 aliphatic heterocycles. The Morgan fingerprint density at radius 1 is 1.35 bits per heavy atom. The molecule has 0 saturated carbocycles. The molecule has 1 aromatic heterocycles. The average molecular weight is 300 g/mol. The van der Waals surface area contributed by atoms with Crippen LogP contribution in [-0.4, -0.2) is 16.7 Å². The molecular weight excluding hydrogens is 289 g/mol. The van der Waals surface area contributed by atoms with Gasteiger partial charge in [0.1, 0.15) is 5.82 Å². The van der Waals surface area contributed by atoms with Crippen LogP contribution in [0.1, 0.15) is 12.3 Å². The summed E-state index contributed by atoms with van der Waals surface area (Å²) < 4.78 is 19.6. The summed E-state index contributed by atoms with van der Waals surface area (Å²) in [5.41, 5.74) is 5.69. The summed E-state index contributed by atoms with van der Waals surface area (Å²) in [6.07, 6.45) is 1.38. The van der Waals surface area contributed by atoms with E-state index in [4.69, 9.17) is 10.2 Å². The van der Waals surface area contributed by atoms with Crippen LogP contribution in [0.5, 0.6) is 0 Å². The minimum atomic E-state index is -0.395. The van der Waals surface area contributed by atoms with Gasteiger partial charge in [0, 0.05) is 10.9 Å². The van der Waals surface area contributed by atoms with Crippen LogP contribution >= 0.6 is 15.9 Å². The fourth-order valence-electron chi connectivity index (χ4n) is 1.38. The van der Waals surface area contributed by atoms with Gasteiger partial charge in [0.05, 0.1) is 5.56 Å². The summed E-state index contributed by atoms with van der Waals surface area (Å²) in [7, 11) is 0. The van der Waals surface area contributed by atoms with Crippen LogP contribution in [0, 0.1) is 5.82 Å². The standard InChI is InChI=1S/C11H11BrFN3O/c12-7-3-4-8(9(13)6-7)11-16-15-10(17-11)2-1-5-14/h3-4,6H,1-2,5,14H2. The maximum absolute atomic E-state index is 13.6. The highest BCUT2D eigenvalue weighted by Gasteiger charge is 2.12. The molecule has 0 aliphatic carbocycles. The molecule has 90 valence electrons. The lowest BCUT2D eigenvalue weighted by molar-refractivity contribution is 0.495. The van der Waals surface area contributed by atoms with Crippen molar-refractivity contribution in [2.24, 2.45) is 5.73 Å². The molecule has 17 heavy (non-hydrogen) atoms. The molecule has 2 N–H and O–H groups in total. The van der Waals surface area contributed by atoms with Gasteiger partial charge in [0.15, 0.2) is 0 Å². The second kappa shape index (κ2) is 5.37. The summed E-state index contributed by atoms with van der Waals surface area (Å²) in [5.74, 6) is 0.281. The number of hydrogen-bond donors (Lipinski definition) is 1. The van der Waals surface area contributed by atoms with E-state index in [0.29, 0.717) is 28.9 Å². The number of aromatic nitrogens is 2. The summed E-state index contributed by atoms with van der Waals surface area (Å²) in [5, 5.41) is 7.66. The minimum Gasteiger partial charge on any atom is -0.421 e. The molecule has 6 heteroatoms. The number of halogens is 2. The molecule has 0 saturated heterocycles. The lowest BCUT2D eigenvalue weighted by Crippen LogP contribution is -2.00. The van der Waals surface area contributed by atoms with Gasteiger partial charge in [-0.3, -0.25) is 0 Å². The fraction of sp³-hybridized carbons (Fsp3) is 0.273. The molecule has 0 aliphatic rings. The van der Waals surface area contributed by atoms with Crippen LogP contribution in [-0.2, 0) is 6.42 Å². The van der Waals surface area contributed by atoms with Crippen molar-refractivity contribution in [1.29, 1.82) is 0 Å². The molecule has 0 spiro atoms. The number of aryl methyl sites for hydroxylation is 1. The zero-order chi connectivity index (χ0) is 12.3. The fourth-order valence-corrected chi connectivity index (χ4v) is 1.71. The molecule has 1 aromatic carbocycles. The zero-order valence-electron chi connectivity index (χ0n) is 8.99. The van der Waals surface area contributed by atoms with Crippen LogP contribution in [0.3, 0.4) is 0 Å². The van der Waals surface area contributed by atoms with E-state index < -0.39 is 5.82 Å². The van der Waals surface area contributed by atoms with Crippen molar-refractivity contribution < 1.29 is 8.81 Å². The Morgan fingerprint density at radius 2 is 2.18 bits per heavy atom. The lowest BCUT2D eigenvalue weighted by atomic mass is 10.2. The van der Waals surface area contributed by atoms with Gasteiger partial charge >= 0.3 is 0 Å². The first-order valence-corrected chi connectivity index (χ1v) is 5.98. The number of nitrogens with two attached hydrogens (primary N) is 1. The van der Waals surface area contributed by atoms with E-state index in [0.717, 1.165) is 6.42 Å². The van der Waals surface area contributed by atoms with Crippen LogP contribution in [0.2, 0.25) is 0 Å². The first-order chi connectivity index (χ1) is 8.20. The molecule has 4 nitrogen and oxygen atoms in total. The Labute approximate surface area is 106 Å². The predicted octanol–water partition coefficient (Wildman–Crippen LogP) is 2.53. The van der Waals surface area contributed by atoms with E-state index >= 15 is 0 Å². The van der Waals surface area contributed by atoms with Gasteiger partial charge in [-0.1, -0.05) is 15.9 Å². The van der Waals surface area contributed by atoms with Crippen molar-refractivity contribution in [2.45, 2.75) is 12.8 Å². The van der Waals surface area contributed by atoms with E-state index in [1.54, 1.807) is 12.1 Å². The maximum Gasteiger partial charge on any atom is 0.250 e. The van der Waals surface area contributed by atoms with Crippen molar-refractivity contribution in [2.75, 3.05) is 6.54 Å². The molecule has 0 fully saturated rings. The molecule has 1 heterocycles. The summed E-state index contributed by atoms with van der Waals surface area (Å²) in [6.45, 7) is 0.560. The van der Waals surface area contributed by atoms with Gasteiger partial charge in [-0.05, 0) is 31.2 Å². The monoisotopic (exact) mass is 299 g/mol. The third-order valence-corrected chi connectivity index (χ3v) is 2.72. The predicted molar refractivity (Wildman–Crippen MR) is 64.8 cm³/mol. The molecular formula is C11H11BrFN3O. The minimum absolute atomic E-state index is 0.196. The smallest absolute Gasteiger partial charge is 0.250 e. The number of hydrogen-bond acceptors (Lipinski definition) is 4. The third kappa shape index (κ3) is 2.89. The van der Waals surface area contributed by atoms with Gasteiger partial charge < -0.3 is 10.2 Å². The van der Waals surface area contributed by atoms with Crippen molar-refractivity contribution >= 4 is 15.9 Å². The SMILES string of the molecule is NCCCc1nnc(-c2ccc(Br)cc2F)o1. The first kappa shape index (κ1) is 12.2. The molecule has 0 amide bonds. The normalized spacial score (nSPS) is 10.8. The van der Waals surface area contributed by atoms with Crippen LogP contribution in [0.15, 0.2) is 27.1 Å². The van der Waals surface area contributed by atoms with E-state index in [1.165, 1.54) is 6.07 Å². The topological polar surface area (TPSA) is 64.9 Å². The van der Waals surface area contributed by atoms with Gasteiger partial charge in [-0.15, -0.1) is 10.2 Å². The molecule has 0 radical (unpaired) electrons. The second-order valence-electron chi connectivity index (χ2n) is 3.52.